The van der Waals surface area contributed by atoms with Gasteiger partial charge in [0.2, 0.25) is 5.91 Å². The number of carbonyl (C=O) groups is 1. The third-order valence-corrected chi connectivity index (χ3v) is 3.42. The van der Waals surface area contributed by atoms with Crippen LogP contribution < -0.4 is 15.5 Å². The lowest BCUT2D eigenvalue weighted by Gasteiger charge is -2.41. The van der Waals surface area contributed by atoms with Crippen LogP contribution in [0.15, 0.2) is 24.3 Å². The Morgan fingerprint density at radius 1 is 1.56 bits per heavy atom. The number of benzene rings is 1. The molecule has 0 spiro atoms. The lowest BCUT2D eigenvalue weighted by molar-refractivity contribution is -0.123. The van der Waals surface area contributed by atoms with Gasteiger partial charge in [-0.1, -0.05) is 17.7 Å². The minimum Gasteiger partial charge on any atom is -0.354 e. The molecule has 0 aliphatic carbocycles. The highest BCUT2D eigenvalue weighted by molar-refractivity contribution is 6.30. The Bertz CT molecular complexity index is 438. The summed E-state index contributed by atoms with van der Waals surface area (Å²) in [4.78, 5) is 14.1. The lowest BCUT2D eigenvalue weighted by atomic mass is 10.1. The van der Waals surface area contributed by atoms with Crippen molar-refractivity contribution < 1.29 is 4.79 Å². The first-order valence-corrected chi connectivity index (χ1v) is 6.47. The Morgan fingerprint density at radius 2 is 2.33 bits per heavy atom. The van der Waals surface area contributed by atoms with E-state index >= 15 is 0 Å². The van der Waals surface area contributed by atoms with Gasteiger partial charge < -0.3 is 15.5 Å². The molecule has 1 saturated heterocycles. The molecule has 1 fully saturated rings. The van der Waals surface area contributed by atoms with Crippen LogP contribution in [-0.2, 0) is 4.79 Å². The number of nitrogens with zero attached hydrogens (tertiary/aromatic N) is 1. The first kappa shape index (κ1) is 13.2. The predicted octanol–water partition coefficient (Wildman–Crippen LogP) is 1.25. The Morgan fingerprint density at radius 3 is 3.00 bits per heavy atom. The predicted molar refractivity (Wildman–Crippen MR) is 74.1 cm³/mol. The fourth-order valence-corrected chi connectivity index (χ4v) is 2.54. The molecule has 0 radical (unpaired) electrons. The summed E-state index contributed by atoms with van der Waals surface area (Å²) in [5, 5.41) is 6.68. The van der Waals surface area contributed by atoms with E-state index in [-0.39, 0.29) is 18.0 Å². The highest BCUT2D eigenvalue weighted by atomic mass is 35.5. The van der Waals surface area contributed by atoms with Crippen LogP contribution in [-0.4, -0.2) is 38.1 Å². The molecule has 1 aromatic rings. The van der Waals surface area contributed by atoms with Gasteiger partial charge in [0.05, 0.1) is 0 Å². The third-order valence-electron chi connectivity index (χ3n) is 3.19. The van der Waals surface area contributed by atoms with Gasteiger partial charge in [-0.3, -0.25) is 4.79 Å². The number of piperazine rings is 1. The molecule has 0 aromatic heterocycles. The van der Waals surface area contributed by atoms with Crippen LogP contribution in [0.2, 0.25) is 5.02 Å². The maximum atomic E-state index is 12.0. The van der Waals surface area contributed by atoms with Crippen LogP contribution in [0.1, 0.15) is 6.92 Å². The van der Waals surface area contributed by atoms with Crippen molar-refractivity contribution in [2.24, 2.45) is 0 Å². The SMILES string of the molecule is CNCC1C(=O)NCC(C)N1c1cccc(Cl)c1. The van der Waals surface area contributed by atoms with Gasteiger partial charge >= 0.3 is 0 Å². The highest BCUT2D eigenvalue weighted by Crippen LogP contribution is 2.25. The maximum Gasteiger partial charge on any atom is 0.244 e. The van der Waals surface area contributed by atoms with Crippen LogP contribution in [0.3, 0.4) is 0 Å². The molecule has 2 atom stereocenters. The van der Waals surface area contributed by atoms with Crippen LogP contribution in [0.5, 0.6) is 0 Å². The number of hydrogen-bond donors (Lipinski definition) is 2. The number of carbonyl (C=O) groups excluding carboxylic acids is 1. The van der Waals surface area contributed by atoms with Gasteiger partial charge in [-0.05, 0) is 32.2 Å². The van der Waals surface area contributed by atoms with E-state index in [4.69, 9.17) is 11.6 Å². The Balaban J connectivity index is 2.33. The van der Waals surface area contributed by atoms with Crippen LogP contribution in [0, 0.1) is 0 Å². The number of hydrogen-bond acceptors (Lipinski definition) is 3. The van der Waals surface area contributed by atoms with Crippen LogP contribution in [0.4, 0.5) is 5.69 Å². The quantitative estimate of drug-likeness (QED) is 0.867. The Hall–Kier alpha value is -1.26. The standard InChI is InChI=1S/C13H18ClN3O/c1-9-7-16-13(18)12(8-15-2)17(9)11-5-3-4-10(14)6-11/h3-6,9,12,15H,7-8H2,1-2H3,(H,16,18). The van der Waals surface area contributed by atoms with Gasteiger partial charge in [0.1, 0.15) is 6.04 Å². The average molecular weight is 268 g/mol. The van der Waals surface area contributed by atoms with E-state index in [2.05, 4.69) is 22.5 Å². The molecule has 1 aromatic carbocycles. The topological polar surface area (TPSA) is 44.4 Å². The Labute approximate surface area is 112 Å². The second-order valence-electron chi connectivity index (χ2n) is 4.55. The summed E-state index contributed by atoms with van der Waals surface area (Å²) in [6, 6.07) is 7.69. The van der Waals surface area contributed by atoms with Gasteiger partial charge in [-0.2, -0.15) is 0 Å². The highest BCUT2D eigenvalue weighted by Gasteiger charge is 2.33. The molecular formula is C13H18ClN3O. The van der Waals surface area contributed by atoms with Crippen molar-refractivity contribution in [3.63, 3.8) is 0 Å². The van der Waals surface area contributed by atoms with E-state index < -0.39 is 0 Å². The largest absolute Gasteiger partial charge is 0.354 e. The number of anilines is 1. The summed E-state index contributed by atoms with van der Waals surface area (Å²) in [5.41, 5.74) is 0.991. The van der Waals surface area contributed by atoms with E-state index in [0.717, 1.165) is 5.69 Å². The van der Waals surface area contributed by atoms with Gasteiger partial charge in [0, 0.05) is 29.8 Å². The average Bonchev–Trinajstić information content (AvgIpc) is 2.34. The van der Waals surface area contributed by atoms with E-state index in [9.17, 15) is 4.79 Å². The van der Waals surface area contributed by atoms with Gasteiger partial charge in [0.25, 0.3) is 0 Å². The fraction of sp³-hybridized carbons (Fsp3) is 0.462. The van der Waals surface area contributed by atoms with E-state index in [1.807, 2.05) is 31.3 Å². The van der Waals surface area contributed by atoms with Crippen molar-refractivity contribution in [3.05, 3.63) is 29.3 Å². The van der Waals surface area contributed by atoms with Crippen molar-refractivity contribution in [1.82, 2.24) is 10.6 Å². The zero-order valence-corrected chi connectivity index (χ0v) is 11.4. The smallest absolute Gasteiger partial charge is 0.244 e. The second-order valence-corrected chi connectivity index (χ2v) is 4.99. The van der Waals surface area contributed by atoms with Crippen molar-refractivity contribution in [2.75, 3.05) is 25.0 Å². The first-order chi connectivity index (χ1) is 8.63. The van der Waals surface area contributed by atoms with E-state index in [0.29, 0.717) is 18.1 Å². The molecule has 0 saturated carbocycles. The zero-order chi connectivity index (χ0) is 13.1. The molecule has 4 nitrogen and oxygen atoms in total. The molecular weight excluding hydrogens is 250 g/mol. The van der Waals surface area contributed by atoms with Crippen molar-refractivity contribution >= 4 is 23.2 Å². The maximum absolute atomic E-state index is 12.0. The molecule has 1 heterocycles. The minimum absolute atomic E-state index is 0.0578. The lowest BCUT2D eigenvalue weighted by Crippen LogP contribution is -2.62. The van der Waals surface area contributed by atoms with Gasteiger partial charge in [-0.15, -0.1) is 0 Å². The molecule has 0 bridgehead atoms. The van der Waals surface area contributed by atoms with E-state index in [1.54, 1.807) is 0 Å². The van der Waals surface area contributed by atoms with Gasteiger partial charge in [0.15, 0.2) is 0 Å². The van der Waals surface area contributed by atoms with Crippen molar-refractivity contribution in [3.8, 4) is 0 Å². The molecule has 98 valence electrons. The molecule has 1 aliphatic heterocycles. The molecule has 18 heavy (non-hydrogen) atoms. The van der Waals surface area contributed by atoms with Crippen molar-refractivity contribution in [2.45, 2.75) is 19.0 Å². The summed E-state index contributed by atoms with van der Waals surface area (Å²) in [7, 11) is 1.85. The molecule has 1 aliphatic rings. The normalized spacial score (nSPS) is 23.9. The molecule has 2 unspecified atom stereocenters. The van der Waals surface area contributed by atoms with Crippen LogP contribution in [0.25, 0.3) is 0 Å². The van der Waals surface area contributed by atoms with Gasteiger partial charge in [-0.25, -0.2) is 0 Å². The number of nitrogens with one attached hydrogen (secondary N) is 2. The van der Waals surface area contributed by atoms with Crippen LogP contribution >= 0.6 is 11.6 Å². The van der Waals surface area contributed by atoms with E-state index in [1.165, 1.54) is 0 Å². The number of halogens is 1. The Kier molecular flexibility index (Phi) is 4.09. The monoisotopic (exact) mass is 267 g/mol. The number of rotatable bonds is 3. The molecule has 2 rings (SSSR count). The minimum atomic E-state index is -0.197. The first-order valence-electron chi connectivity index (χ1n) is 6.09. The summed E-state index contributed by atoms with van der Waals surface area (Å²) >= 11 is 6.03. The molecule has 2 N–H and O–H groups in total. The second kappa shape index (κ2) is 5.59. The third kappa shape index (κ3) is 2.60. The fourth-order valence-electron chi connectivity index (χ4n) is 2.35. The summed E-state index contributed by atoms with van der Waals surface area (Å²) < 4.78 is 0. The number of likely N-dealkylation sites (N-methyl/N-ethyl adjacent to an activating group) is 1. The summed E-state index contributed by atoms with van der Waals surface area (Å²) in [6.07, 6.45) is 0. The molecule has 1 amide bonds. The number of amides is 1. The summed E-state index contributed by atoms with van der Waals surface area (Å²) in [5.74, 6) is 0.0578. The molecule has 5 heteroatoms. The summed E-state index contributed by atoms with van der Waals surface area (Å²) in [6.45, 7) is 3.37. The van der Waals surface area contributed by atoms with Crippen molar-refractivity contribution in [1.29, 1.82) is 0 Å². The zero-order valence-electron chi connectivity index (χ0n) is 10.6.